The van der Waals surface area contributed by atoms with E-state index >= 15 is 0 Å². The van der Waals surface area contributed by atoms with Crippen molar-refractivity contribution in [2.24, 2.45) is 11.8 Å². The van der Waals surface area contributed by atoms with Crippen molar-refractivity contribution in [1.29, 1.82) is 0 Å². The Bertz CT molecular complexity index is 542. The predicted octanol–water partition coefficient (Wildman–Crippen LogP) is 3.67. The summed E-state index contributed by atoms with van der Waals surface area (Å²) in [7, 11) is 0. The van der Waals surface area contributed by atoms with Crippen LogP contribution in [-0.2, 0) is 4.79 Å². The van der Waals surface area contributed by atoms with Gasteiger partial charge in [-0.15, -0.1) is 0 Å². The number of halogens is 2. The molecule has 0 aromatic heterocycles. The highest BCUT2D eigenvalue weighted by Gasteiger charge is 2.26. The van der Waals surface area contributed by atoms with Crippen LogP contribution in [0.2, 0.25) is 0 Å². The van der Waals surface area contributed by atoms with Gasteiger partial charge in [0, 0.05) is 14.6 Å². The maximum Gasteiger partial charge on any atom is 0.306 e. The number of amides is 1. The van der Waals surface area contributed by atoms with Crippen LogP contribution >= 0.6 is 38.5 Å². The highest BCUT2D eigenvalue weighted by Crippen LogP contribution is 2.28. The third kappa shape index (κ3) is 4.67. The number of nitrogens with one attached hydrogen (secondary N) is 1. The molecule has 6 heteroatoms. The Morgan fingerprint density at radius 3 is 2.57 bits per heavy atom. The van der Waals surface area contributed by atoms with Crippen LogP contribution in [0.5, 0.6) is 0 Å². The molecule has 1 aromatic rings. The molecule has 4 nitrogen and oxygen atoms in total. The smallest absolute Gasteiger partial charge is 0.306 e. The first kappa shape index (κ1) is 16.7. The molecule has 0 bridgehead atoms. The summed E-state index contributed by atoms with van der Waals surface area (Å²) < 4.78 is 1.80. The molecule has 1 fully saturated rings. The van der Waals surface area contributed by atoms with Crippen LogP contribution < -0.4 is 5.32 Å². The summed E-state index contributed by atoms with van der Waals surface area (Å²) in [4.78, 5) is 23.1. The normalized spacial score (nSPS) is 21.8. The highest BCUT2D eigenvalue weighted by molar-refractivity contribution is 14.1. The molecule has 1 amide bonds. The summed E-state index contributed by atoms with van der Waals surface area (Å²) in [6, 6.07) is 5.63. The Morgan fingerprint density at radius 1 is 1.29 bits per heavy atom. The standard InChI is InChI=1S/C15H17BrINO3/c16-11-5-6-13(17)12(7-11)14(19)18-8-9-1-3-10(4-2-9)15(20)21/h5-7,9-10H,1-4,8H2,(H,18,19)(H,20,21). The maximum atomic E-state index is 12.2. The van der Waals surface area contributed by atoms with Gasteiger partial charge in [0.25, 0.3) is 5.91 Å². The molecule has 1 saturated carbocycles. The number of carbonyl (C=O) groups excluding carboxylic acids is 1. The van der Waals surface area contributed by atoms with Gasteiger partial charge in [-0.05, 0) is 72.4 Å². The zero-order valence-corrected chi connectivity index (χ0v) is 15.2. The second kappa shape index (κ2) is 7.58. The number of carboxylic acids is 1. The number of hydrogen-bond donors (Lipinski definition) is 2. The second-order valence-electron chi connectivity index (χ2n) is 5.39. The molecule has 114 valence electrons. The SMILES string of the molecule is O=C(NCC1CCC(C(=O)O)CC1)c1cc(Br)ccc1I. The average Bonchev–Trinajstić information content (AvgIpc) is 2.47. The lowest BCUT2D eigenvalue weighted by Crippen LogP contribution is -2.32. The van der Waals surface area contributed by atoms with Crippen molar-refractivity contribution in [3.05, 3.63) is 31.8 Å². The van der Waals surface area contributed by atoms with Crippen molar-refractivity contribution in [3.8, 4) is 0 Å². The van der Waals surface area contributed by atoms with Crippen LogP contribution in [0.15, 0.2) is 22.7 Å². The molecule has 0 spiro atoms. The average molecular weight is 466 g/mol. The highest BCUT2D eigenvalue weighted by atomic mass is 127. The van der Waals surface area contributed by atoms with E-state index in [9.17, 15) is 9.59 Å². The lowest BCUT2D eigenvalue weighted by atomic mass is 9.82. The molecule has 0 unspecified atom stereocenters. The zero-order chi connectivity index (χ0) is 15.4. The summed E-state index contributed by atoms with van der Waals surface area (Å²) in [5, 5.41) is 11.9. The number of benzene rings is 1. The van der Waals surface area contributed by atoms with Crippen LogP contribution in [0.25, 0.3) is 0 Å². The van der Waals surface area contributed by atoms with Crippen molar-refractivity contribution < 1.29 is 14.7 Å². The summed E-state index contributed by atoms with van der Waals surface area (Å²) in [5.74, 6) is -0.584. The lowest BCUT2D eigenvalue weighted by Gasteiger charge is -2.26. The third-order valence-corrected chi connectivity index (χ3v) is 5.35. The van der Waals surface area contributed by atoms with Crippen LogP contribution in [0.1, 0.15) is 36.0 Å². The monoisotopic (exact) mass is 465 g/mol. The minimum Gasteiger partial charge on any atom is -0.481 e. The molecule has 21 heavy (non-hydrogen) atoms. The Kier molecular flexibility index (Phi) is 6.04. The number of carboxylic acid groups (broad SMARTS) is 1. The minimum atomic E-state index is -0.693. The molecule has 0 atom stereocenters. The summed E-state index contributed by atoms with van der Waals surface area (Å²) in [6.07, 6.45) is 3.16. The molecule has 1 aliphatic carbocycles. The Morgan fingerprint density at radius 2 is 1.95 bits per heavy atom. The van der Waals surface area contributed by atoms with Gasteiger partial charge >= 0.3 is 5.97 Å². The topological polar surface area (TPSA) is 66.4 Å². The van der Waals surface area contributed by atoms with Gasteiger partial charge in [-0.2, -0.15) is 0 Å². The fraction of sp³-hybridized carbons (Fsp3) is 0.467. The molecule has 1 aliphatic rings. The lowest BCUT2D eigenvalue weighted by molar-refractivity contribution is -0.143. The molecule has 1 aromatic carbocycles. The van der Waals surface area contributed by atoms with Crippen molar-refractivity contribution in [2.75, 3.05) is 6.54 Å². The molecule has 2 rings (SSSR count). The van der Waals surface area contributed by atoms with Crippen molar-refractivity contribution >= 4 is 50.4 Å². The van der Waals surface area contributed by atoms with Gasteiger partial charge in [-0.3, -0.25) is 9.59 Å². The zero-order valence-electron chi connectivity index (χ0n) is 11.4. The Balaban J connectivity index is 1.85. The van der Waals surface area contributed by atoms with E-state index in [1.165, 1.54) is 0 Å². The van der Waals surface area contributed by atoms with E-state index in [4.69, 9.17) is 5.11 Å². The largest absolute Gasteiger partial charge is 0.481 e. The van der Waals surface area contributed by atoms with E-state index < -0.39 is 5.97 Å². The number of rotatable bonds is 4. The van der Waals surface area contributed by atoms with Gasteiger partial charge in [0.1, 0.15) is 0 Å². The maximum absolute atomic E-state index is 12.2. The van der Waals surface area contributed by atoms with Gasteiger partial charge in [-0.25, -0.2) is 0 Å². The van der Waals surface area contributed by atoms with E-state index in [0.29, 0.717) is 30.9 Å². The Hall–Kier alpha value is -0.630. The van der Waals surface area contributed by atoms with Gasteiger partial charge in [0.2, 0.25) is 0 Å². The summed E-state index contributed by atoms with van der Waals surface area (Å²) in [5.41, 5.74) is 0.671. The van der Waals surface area contributed by atoms with Gasteiger partial charge in [0.05, 0.1) is 11.5 Å². The van der Waals surface area contributed by atoms with Crippen LogP contribution in [0.3, 0.4) is 0 Å². The fourth-order valence-corrected chi connectivity index (χ4v) is 3.56. The van der Waals surface area contributed by atoms with Crippen LogP contribution in [-0.4, -0.2) is 23.5 Å². The van der Waals surface area contributed by atoms with E-state index in [-0.39, 0.29) is 11.8 Å². The molecule has 0 radical (unpaired) electrons. The first-order valence-corrected chi connectivity index (χ1v) is 8.80. The van der Waals surface area contributed by atoms with Crippen molar-refractivity contribution in [2.45, 2.75) is 25.7 Å². The molecular weight excluding hydrogens is 449 g/mol. The van der Waals surface area contributed by atoms with Crippen LogP contribution in [0, 0.1) is 15.4 Å². The first-order chi connectivity index (χ1) is 9.97. The summed E-state index contributed by atoms with van der Waals surface area (Å²) >= 11 is 5.52. The molecule has 0 saturated heterocycles. The van der Waals surface area contributed by atoms with E-state index in [1.807, 2.05) is 18.2 Å². The summed E-state index contributed by atoms with van der Waals surface area (Å²) in [6.45, 7) is 0.619. The molecule has 0 aliphatic heterocycles. The predicted molar refractivity (Wildman–Crippen MR) is 92.3 cm³/mol. The Labute approximate surface area is 146 Å². The van der Waals surface area contributed by atoms with E-state index in [0.717, 1.165) is 20.9 Å². The quantitative estimate of drug-likeness (QED) is 0.666. The minimum absolute atomic E-state index is 0.0685. The van der Waals surface area contributed by atoms with Gasteiger partial charge in [0.15, 0.2) is 0 Å². The molecule has 2 N–H and O–H groups in total. The number of carbonyl (C=O) groups is 2. The van der Waals surface area contributed by atoms with Gasteiger partial charge < -0.3 is 10.4 Å². The van der Waals surface area contributed by atoms with E-state index in [1.54, 1.807) is 0 Å². The van der Waals surface area contributed by atoms with Gasteiger partial charge in [-0.1, -0.05) is 15.9 Å². The fourth-order valence-electron chi connectivity index (χ4n) is 2.62. The molecule has 0 heterocycles. The second-order valence-corrected chi connectivity index (χ2v) is 7.47. The number of hydrogen-bond acceptors (Lipinski definition) is 2. The van der Waals surface area contributed by atoms with Crippen molar-refractivity contribution in [1.82, 2.24) is 5.32 Å². The number of aliphatic carboxylic acids is 1. The molecular formula is C15H17BrINO3. The third-order valence-electron chi connectivity index (χ3n) is 3.92. The van der Waals surface area contributed by atoms with E-state index in [2.05, 4.69) is 43.8 Å². The van der Waals surface area contributed by atoms with Crippen LogP contribution in [0.4, 0.5) is 0 Å². The first-order valence-electron chi connectivity index (χ1n) is 6.93. The van der Waals surface area contributed by atoms with Crippen molar-refractivity contribution in [3.63, 3.8) is 0 Å².